The number of ether oxygens (including phenoxy) is 1. The lowest BCUT2D eigenvalue weighted by Gasteiger charge is -2.07. The van der Waals surface area contributed by atoms with Crippen LogP contribution in [-0.4, -0.2) is 41.5 Å². The molecule has 1 aromatic rings. The summed E-state index contributed by atoms with van der Waals surface area (Å²) in [4.78, 5) is 27.5. The Hall–Kier alpha value is -1.67. The van der Waals surface area contributed by atoms with Gasteiger partial charge in [0.05, 0.1) is 19.4 Å². The average Bonchev–Trinajstić information content (AvgIpc) is 2.99. The van der Waals surface area contributed by atoms with Crippen LogP contribution >= 0.6 is 23.5 Å². The van der Waals surface area contributed by atoms with Crippen molar-refractivity contribution in [2.45, 2.75) is 0 Å². The van der Waals surface area contributed by atoms with Gasteiger partial charge in [-0.3, -0.25) is 15.1 Å². The first-order chi connectivity index (χ1) is 10.2. The maximum Gasteiger partial charge on any atom is 0.325 e. The number of hydrogen-bond donors (Lipinski definition) is 2. The van der Waals surface area contributed by atoms with Gasteiger partial charge < -0.3 is 10.1 Å². The quantitative estimate of drug-likeness (QED) is 0.887. The van der Waals surface area contributed by atoms with Crippen LogP contribution in [0, 0.1) is 0 Å². The van der Waals surface area contributed by atoms with Gasteiger partial charge >= 0.3 is 6.03 Å². The molecular formula is C13H15N3O3S2. The molecule has 0 fully saturated rings. The molecule has 0 saturated carbocycles. The minimum Gasteiger partial charge on any atom is -0.497 e. The molecule has 0 aromatic heterocycles. The standard InChI is InChI=1S/C13H15N3O3S2/c1-19-10-4-2-9(3-5-10)15-12(18)16-11(17)8-21-13-14-6-7-20-13/h2-5H,6-8H2,1H3,(H2,15,16,17,18). The number of urea groups is 1. The van der Waals surface area contributed by atoms with Gasteiger partial charge in [-0.25, -0.2) is 4.79 Å². The van der Waals surface area contributed by atoms with Crippen LogP contribution in [0.3, 0.4) is 0 Å². The van der Waals surface area contributed by atoms with E-state index >= 15 is 0 Å². The predicted octanol–water partition coefficient (Wildman–Crippen LogP) is 2.18. The molecule has 112 valence electrons. The molecule has 0 unspecified atom stereocenters. The van der Waals surface area contributed by atoms with Crippen LogP contribution in [0.5, 0.6) is 5.75 Å². The number of imide groups is 1. The van der Waals surface area contributed by atoms with Crippen molar-refractivity contribution in [1.29, 1.82) is 0 Å². The molecule has 2 rings (SSSR count). The van der Waals surface area contributed by atoms with E-state index in [0.29, 0.717) is 11.4 Å². The normalized spacial score (nSPS) is 13.5. The fraction of sp³-hybridized carbons (Fsp3) is 0.308. The third kappa shape index (κ3) is 5.31. The topological polar surface area (TPSA) is 79.8 Å². The number of aliphatic imine (C=N–C) groups is 1. The molecule has 0 spiro atoms. The van der Waals surface area contributed by atoms with Gasteiger partial charge in [0.1, 0.15) is 10.1 Å². The molecule has 1 heterocycles. The van der Waals surface area contributed by atoms with E-state index in [1.165, 1.54) is 11.8 Å². The van der Waals surface area contributed by atoms with E-state index in [2.05, 4.69) is 15.6 Å². The zero-order valence-corrected chi connectivity index (χ0v) is 13.1. The lowest BCUT2D eigenvalue weighted by atomic mass is 10.3. The van der Waals surface area contributed by atoms with Crippen molar-refractivity contribution < 1.29 is 14.3 Å². The van der Waals surface area contributed by atoms with Crippen LogP contribution in [0.2, 0.25) is 0 Å². The van der Waals surface area contributed by atoms with Crippen molar-refractivity contribution >= 4 is 45.5 Å². The van der Waals surface area contributed by atoms with E-state index in [4.69, 9.17) is 4.74 Å². The minimum atomic E-state index is -0.549. The first-order valence-corrected chi connectivity index (χ1v) is 8.19. The minimum absolute atomic E-state index is 0.182. The summed E-state index contributed by atoms with van der Waals surface area (Å²) < 4.78 is 5.92. The molecular weight excluding hydrogens is 310 g/mol. The highest BCUT2D eigenvalue weighted by Crippen LogP contribution is 2.21. The third-order valence-corrected chi connectivity index (χ3v) is 4.74. The molecule has 0 radical (unpaired) electrons. The second kappa shape index (κ2) is 7.94. The van der Waals surface area contributed by atoms with E-state index in [-0.39, 0.29) is 11.7 Å². The third-order valence-electron chi connectivity index (χ3n) is 2.49. The van der Waals surface area contributed by atoms with E-state index in [1.807, 2.05) is 0 Å². The lowest BCUT2D eigenvalue weighted by Crippen LogP contribution is -2.35. The monoisotopic (exact) mass is 325 g/mol. The van der Waals surface area contributed by atoms with Crippen LogP contribution in [-0.2, 0) is 4.79 Å². The van der Waals surface area contributed by atoms with Crippen molar-refractivity contribution in [3.63, 3.8) is 0 Å². The fourth-order valence-electron chi connectivity index (χ4n) is 1.53. The summed E-state index contributed by atoms with van der Waals surface area (Å²) in [6.45, 7) is 0.798. The molecule has 6 nitrogen and oxygen atoms in total. The molecule has 1 aliphatic heterocycles. The molecule has 0 saturated heterocycles. The Morgan fingerprint density at radius 1 is 1.38 bits per heavy atom. The smallest absolute Gasteiger partial charge is 0.325 e. The number of hydrogen-bond acceptors (Lipinski definition) is 6. The van der Waals surface area contributed by atoms with Gasteiger partial charge in [-0.15, -0.1) is 0 Å². The Kier molecular flexibility index (Phi) is 5.94. The highest BCUT2D eigenvalue weighted by atomic mass is 32.2. The number of nitrogens with one attached hydrogen (secondary N) is 2. The number of thioether (sulfide) groups is 2. The highest BCUT2D eigenvalue weighted by molar-refractivity contribution is 8.39. The van der Waals surface area contributed by atoms with Crippen LogP contribution in [0.4, 0.5) is 10.5 Å². The van der Waals surface area contributed by atoms with E-state index in [9.17, 15) is 9.59 Å². The Balaban J connectivity index is 1.73. The molecule has 3 amide bonds. The Morgan fingerprint density at radius 3 is 2.76 bits per heavy atom. The van der Waals surface area contributed by atoms with Crippen LogP contribution < -0.4 is 15.4 Å². The number of carbonyl (C=O) groups excluding carboxylic acids is 2. The summed E-state index contributed by atoms with van der Waals surface area (Å²) in [5.74, 6) is 1.49. The van der Waals surface area contributed by atoms with E-state index < -0.39 is 6.03 Å². The number of carbonyl (C=O) groups is 2. The summed E-state index contributed by atoms with van der Waals surface area (Å²) in [6.07, 6.45) is 0. The van der Waals surface area contributed by atoms with Crippen molar-refractivity contribution in [3.05, 3.63) is 24.3 Å². The zero-order valence-electron chi connectivity index (χ0n) is 11.4. The number of nitrogens with zero attached hydrogens (tertiary/aromatic N) is 1. The summed E-state index contributed by atoms with van der Waals surface area (Å²) >= 11 is 2.98. The zero-order chi connectivity index (χ0) is 15.1. The van der Waals surface area contributed by atoms with Crippen LogP contribution in [0.25, 0.3) is 0 Å². The number of anilines is 1. The lowest BCUT2D eigenvalue weighted by molar-refractivity contribution is -0.117. The van der Waals surface area contributed by atoms with Crippen LogP contribution in [0.15, 0.2) is 29.3 Å². The van der Waals surface area contributed by atoms with Gasteiger partial charge in [-0.2, -0.15) is 0 Å². The summed E-state index contributed by atoms with van der Waals surface area (Å²) in [6, 6.07) is 6.29. The summed E-state index contributed by atoms with van der Waals surface area (Å²) in [5.41, 5.74) is 0.587. The van der Waals surface area contributed by atoms with Gasteiger partial charge in [-0.05, 0) is 24.3 Å². The van der Waals surface area contributed by atoms with Crippen molar-refractivity contribution in [3.8, 4) is 5.75 Å². The SMILES string of the molecule is COc1ccc(NC(=O)NC(=O)CSC2=NCCS2)cc1. The number of amides is 3. The molecule has 0 atom stereocenters. The molecule has 1 aromatic carbocycles. The summed E-state index contributed by atoms with van der Waals surface area (Å²) in [7, 11) is 1.57. The maximum atomic E-state index is 11.7. The van der Waals surface area contributed by atoms with Gasteiger partial charge in [0.25, 0.3) is 0 Å². The van der Waals surface area contributed by atoms with Crippen LogP contribution in [0.1, 0.15) is 0 Å². The number of rotatable bonds is 4. The first kappa shape index (κ1) is 15.7. The Morgan fingerprint density at radius 2 is 2.14 bits per heavy atom. The number of benzene rings is 1. The molecule has 21 heavy (non-hydrogen) atoms. The second-order valence-corrected chi connectivity index (χ2v) is 6.32. The Bertz CT molecular complexity index is 546. The van der Waals surface area contributed by atoms with Gasteiger partial charge in [0, 0.05) is 11.4 Å². The molecule has 0 bridgehead atoms. The Labute approximate surface area is 131 Å². The van der Waals surface area contributed by atoms with Gasteiger partial charge in [0.15, 0.2) is 0 Å². The average molecular weight is 325 g/mol. The van der Waals surface area contributed by atoms with E-state index in [1.54, 1.807) is 43.1 Å². The van der Waals surface area contributed by atoms with Crippen molar-refractivity contribution in [2.24, 2.45) is 4.99 Å². The molecule has 8 heteroatoms. The first-order valence-electron chi connectivity index (χ1n) is 6.22. The molecule has 0 aliphatic carbocycles. The predicted molar refractivity (Wildman–Crippen MR) is 87.4 cm³/mol. The largest absolute Gasteiger partial charge is 0.497 e. The van der Waals surface area contributed by atoms with Crippen molar-refractivity contribution in [1.82, 2.24) is 5.32 Å². The number of methoxy groups -OCH3 is 1. The molecule has 2 N–H and O–H groups in total. The second-order valence-electron chi connectivity index (χ2n) is 4.02. The fourth-order valence-corrected chi connectivity index (χ4v) is 3.34. The molecule has 1 aliphatic rings. The van der Waals surface area contributed by atoms with Gasteiger partial charge in [0.2, 0.25) is 5.91 Å². The maximum absolute atomic E-state index is 11.7. The highest BCUT2D eigenvalue weighted by Gasteiger charge is 2.12. The van der Waals surface area contributed by atoms with E-state index in [0.717, 1.165) is 16.7 Å². The summed E-state index contributed by atoms with van der Waals surface area (Å²) in [5, 5.41) is 4.86. The van der Waals surface area contributed by atoms with Crippen molar-refractivity contribution in [2.75, 3.05) is 30.5 Å². The van der Waals surface area contributed by atoms with Gasteiger partial charge in [-0.1, -0.05) is 23.5 Å².